The first-order valence-corrected chi connectivity index (χ1v) is 7.00. The fraction of sp³-hybridized carbons (Fsp3) is 0.455. The quantitative estimate of drug-likeness (QED) is 0.824. The third kappa shape index (κ3) is 3.27. The maximum absolute atomic E-state index is 12.0. The highest BCUT2D eigenvalue weighted by molar-refractivity contribution is 7.90. The minimum Gasteiger partial charge on any atom is -0.480 e. The van der Waals surface area contributed by atoms with Crippen molar-refractivity contribution in [1.82, 2.24) is 9.29 Å². The van der Waals surface area contributed by atoms with Gasteiger partial charge in [-0.05, 0) is 24.6 Å². The summed E-state index contributed by atoms with van der Waals surface area (Å²) in [7, 11) is -3.84. The average Bonchev–Trinajstić information content (AvgIpc) is 2.35. The fourth-order valence-electron chi connectivity index (χ4n) is 1.42. The first-order valence-electron chi connectivity index (χ1n) is 5.50. The molecule has 0 aliphatic carbocycles. The number of hydrogen-bond acceptors (Lipinski definition) is 4. The molecular formula is C11H16N2O4S. The first kappa shape index (κ1) is 14.6. The van der Waals surface area contributed by atoms with Crippen LogP contribution in [0, 0.1) is 0 Å². The van der Waals surface area contributed by atoms with E-state index in [9.17, 15) is 13.2 Å². The number of carbonyl (C=O) groups is 1. The SMILES string of the molecule is CCN(Cc1ccncc1)S(=O)(=O)C(C)C(=O)O. The molecule has 6 nitrogen and oxygen atoms in total. The Morgan fingerprint density at radius 3 is 2.44 bits per heavy atom. The lowest BCUT2D eigenvalue weighted by Gasteiger charge is -2.22. The van der Waals surface area contributed by atoms with E-state index in [2.05, 4.69) is 4.98 Å². The largest absolute Gasteiger partial charge is 0.480 e. The second kappa shape index (κ2) is 5.92. The predicted octanol–water partition coefficient (Wildman–Crippen LogP) is 0.706. The van der Waals surface area contributed by atoms with Crippen LogP contribution in [0.25, 0.3) is 0 Å². The van der Waals surface area contributed by atoms with Gasteiger partial charge in [0, 0.05) is 25.5 Å². The van der Waals surface area contributed by atoms with E-state index in [0.717, 1.165) is 9.87 Å². The Bertz CT molecular complexity index is 501. The molecule has 1 rings (SSSR count). The Hall–Kier alpha value is -1.47. The number of sulfonamides is 1. The van der Waals surface area contributed by atoms with Crippen molar-refractivity contribution in [3.8, 4) is 0 Å². The molecule has 0 aliphatic heterocycles. The molecule has 0 aliphatic rings. The molecule has 0 aromatic carbocycles. The van der Waals surface area contributed by atoms with Gasteiger partial charge in [-0.3, -0.25) is 9.78 Å². The fourth-order valence-corrected chi connectivity index (χ4v) is 2.82. The van der Waals surface area contributed by atoms with Gasteiger partial charge in [0.05, 0.1) is 0 Å². The van der Waals surface area contributed by atoms with Gasteiger partial charge in [0.15, 0.2) is 5.25 Å². The van der Waals surface area contributed by atoms with Crippen molar-refractivity contribution in [3.63, 3.8) is 0 Å². The molecule has 0 bridgehead atoms. The van der Waals surface area contributed by atoms with Crippen LogP contribution in [0.3, 0.4) is 0 Å². The van der Waals surface area contributed by atoms with Gasteiger partial charge in [0.2, 0.25) is 10.0 Å². The van der Waals surface area contributed by atoms with Crippen LogP contribution in [-0.4, -0.2) is 40.6 Å². The molecule has 0 radical (unpaired) electrons. The van der Waals surface area contributed by atoms with Gasteiger partial charge in [-0.15, -0.1) is 0 Å². The Balaban J connectivity index is 2.94. The summed E-state index contributed by atoms with van der Waals surface area (Å²) in [6.45, 7) is 3.22. The van der Waals surface area contributed by atoms with Gasteiger partial charge in [0.25, 0.3) is 0 Å². The standard InChI is InChI=1S/C11H16N2O4S/c1-3-13(8-10-4-6-12-7-5-10)18(16,17)9(2)11(14)15/h4-7,9H,3,8H2,1-2H3,(H,14,15). The molecule has 1 aromatic heterocycles. The summed E-state index contributed by atoms with van der Waals surface area (Å²) in [5.74, 6) is -1.34. The van der Waals surface area contributed by atoms with Gasteiger partial charge in [-0.1, -0.05) is 6.92 Å². The summed E-state index contributed by atoms with van der Waals surface area (Å²) in [5, 5.41) is 7.37. The van der Waals surface area contributed by atoms with Gasteiger partial charge in [-0.2, -0.15) is 4.31 Å². The second-order valence-corrected chi connectivity index (χ2v) is 6.06. The van der Waals surface area contributed by atoms with Gasteiger partial charge in [-0.25, -0.2) is 8.42 Å². The molecule has 100 valence electrons. The molecule has 1 heterocycles. The normalized spacial score (nSPS) is 13.5. The van der Waals surface area contributed by atoms with Crippen LogP contribution in [0.15, 0.2) is 24.5 Å². The van der Waals surface area contributed by atoms with Gasteiger partial charge < -0.3 is 5.11 Å². The smallest absolute Gasteiger partial charge is 0.323 e. The zero-order valence-corrected chi connectivity index (χ0v) is 11.1. The molecule has 0 spiro atoms. The van der Waals surface area contributed by atoms with Gasteiger partial charge >= 0.3 is 5.97 Å². The van der Waals surface area contributed by atoms with Crippen molar-refractivity contribution in [2.45, 2.75) is 25.6 Å². The molecule has 1 N–H and O–H groups in total. The summed E-state index contributed by atoms with van der Waals surface area (Å²) in [5.41, 5.74) is 0.771. The number of aliphatic carboxylic acids is 1. The van der Waals surface area contributed by atoms with E-state index in [1.54, 1.807) is 31.5 Å². The van der Waals surface area contributed by atoms with E-state index >= 15 is 0 Å². The number of rotatable bonds is 6. The Labute approximate surface area is 106 Å². The van der Waals surface area contributed by atoms with Crippen LogP contribution in [0.2, 0.25) is 0 Å². The van der Waals surface area contributed by atoms with E-state index in [-0.39, 0.29) is 13.1 Å². The van der Waals surface area contributed by atoms with E-state index in [4.69, 9.17) is 5.11 Å². The molecule has 18 heavy (non-hydrogen) atoms. The molecule has 0 amide bonds. The minimum atomic E-state index is -3.84. The van der Waals surface area contributed by atoms with E-state index in [1.165, 1.54) is 6.92 Å². The van der Waals surface area contributed by atoms with Crippen molar-refractivity contribution < 1.29 is 18.3 Å². The summed E-state index contributed by atoms with van der Waals surface area (Å²) in [6.07, 6.45) is 3.13. The molecule has 7 heteroatoms. The molecule has 1 unspecified atom stereocenters. The zero-order valence-electron chi connectivity index (χ0n) is 10.3. The Morgan fingerprint density at radius 1 is 1.44 bits per heavy atom. The molecule has 0 saturated carbocycles. The van der Waals surface area contributed by atoms with Crippen LogP contribution in [0.5, 0.6) is 0 Å². The molecule has 0 saturated heterocycles. The van der Waals surface area contributed by atoms with E-state index in [1.807, 2.05) is 0 Å². The van der Waals surface area contributed by atoms with Crippen LogP contribution >= 0.6 is 0 Å². The number of pyridine rings is 1. The maximum atomic E-state index is 12.0. The van der Waals surface area contributed by atoms with Crippen molar-refractivity contribution in [1.29, 1.82) is 0 Å². The highest BCUT2D eigenvalue weighted by Crippen LogP contribution is 2.13. The number of aromatic nitrogens is 1. The lowest BCUT2D eigenvalue weighted by atomic mass is 10.3. The van der Waals surface area contributed by atoms with Crippen molar-refractivity contribution >= 4 is 16.0 Å². The zero-order chi connectivity index (χ0) is 13.8. The number of carboxylic acids is 1. The molecule has 1 atom stereocenters. The van der Waals surface area contributed by atoms with Crippen LogP contribution < -0.4 is 0 Å². The first-order chi connectivity index (χ1) is 8.39. The van der Waals surface area contributed by atoms with Crippen molar-refractivity contribution in [2.24, 2.45) is 0 Å². The van der Waals surface area contributed by atoms with Crippen LogP contribution in [0.4, 0.5) is 0 Å². The van der Waals surface area contributed by atoms with Crippen LogP contribution in [-0.2, 0) is 21.4 Å². The Kier molecular flexibility index (Phi) is 4.80. The van der Waals surface area contributed by atoms with E-state index < -0.39 is 21.2 Å². The highest BCUT2D eigenvalue weighted by Gasteiger charge is 2.32. The van der Waals surface area contributed by atoms with E-state index in [0.29, 0.717) is 0 Å². The summed E-state index contributed by atoms with van der Waals surface area (Å²) >= 11 is 0. The van der Waals surface area contributed by atoms with Crippen molar-refractivity contribution in [3.05, 3.63) is 30.1 Å². The topological polar surface area (TPSA) is 87.6 Å². The number of nitrogens with zero attached hydrogens (tertiary/aromatic N) is 2. The second-order valence-electron chi connectivity index (χ2n) is 3.81. The lowest BCUT2D eigenvalue weighted by molar-refractivity contribution is -0.136. The third-order valence-corrected chi connectivity index (χ3v) is 4.82. The molecule has 1 aromatic rings. The lowest BCUT2D eigenvalue weighted by Crippen LogP contribution is -2.40. The third-order valence-electron chi connectivity index (χ3n) is 2.62. The number of hydrogen-bond donors (Lipinski definition) is 1. The summed E-state index contributed by atoms with van der Waals surface area (Å²) in [6, 6.07) is 3.40. The monoisotopic (exact) mass is 272 g/mol. The van der Waals surface area contributed by atoms with Crippen LogP contribution in [0.1, 0.15) is 19.4 Å². The predicted molar refractivity (Wildman–Crippen MR) is 66.3 cm³/mol. The summed E-state index contributed by atoms with van der Waals surface area (Å²) in [4.78, 5) is 14.6. The Morgan fingerprint density at radius 2 is 2.00 bits per heavy atom. The molecule has 0 fully saturated rings. The minimum absolute atomic E-state index is 0.152. The maximum Gasteiger partial charge on any atom is 0.323 e. The number of carboxylic acid groups (broad SMARTS) is 1. The summed E-state index contributed by atoms with van der Waals surface area (Å²) < 4.78 is 25.2. The average molecular weight is 272 g/mol. The highest BCUT2D eigenvalue weighted by atomic mass is 32.2. The van der Waals surface area contributed by atoms with Gasteiger partial charge in [0.1, 0.15) is 0 Å². The molecular weight excluding hydrogens is 256 g/mol. The van der Waals surface area contributed by atoms with Crippen molar-refractivity contribution in [2.75, 3.05) is 6.54 Å².